The standard InChI is InChI=1S/C20H21N3OS2/c24-19(18-14-21-20(26-18)17-4-3-13-25-17)22-16-7-5-15(6-8-16)9-12-23-10-1-2-11-23/h3-8,13-14H,1-2,9-12H2,(H,22,24). The normalized spacial score (nSPS) is 14.6. The Morgan fingerprint density at radius 2 is 1.96 bits per heavy atom. The molecule has 134 valence electrons. The van der Waals surface area contributed by atoms with Crippen molar-refractivity contribution >= 4 is 34.3 Å². The van der Waals surface area contributed by atoms with Gasteiger partial charge in [0.25, 0.3) is 5.91 Å². The van der Waals surface area contributed by atoms with Crippen molar-refractivity contribution in [2.75, 3.05) is 25.0 Å². The number of hydrogen-bond acceptors (Lipinski definition) is 5. The number of nitrogens with one attached hydrogen (secondary N) is 1. The molecule has 26 heavy (non-hydrogen) atoms. The fourth-order valence-corrected chi connectivity index (χ4v) is 4.75. The molecule has 2 aromatic heterocycles. The summed E-state index contributed by atoms with van der Waals surface area (Å²) in [6, 6.07) is 12.2. The van der Waals surface area contributed by atoms with Gasteiger partial charge in [0.2, 0.25) is 0 Å². The number of benzene rings is 1. The van der Waals surface area contributed by atoms with Crippen LogP contribution in [0.4, 0.5) is 5.69 Å². The monoisotopic (exact) mass is 383 g/mol. The maximum absolute atomic E-state index is 12.4. The lowest BCUT2D eigenvalue weighted by atomic mass is 10.1. The van der Waals surface area contributed by atoms with Gasteiger partial charge in [0.1, 0.15) is 9.88 Å². The van der Waals surface area contributed by atoms with Gasteiger partial charge in [-0.05, 0) is 61.5 Å². The Kier molecular flexibility index (Phi) is 5.43. The molecule has 4 nitrogen and oxygen atoms in total. The maximum Gasteiger partial charge on any atom is 0.267 e. The second-order valence-electron chi connectivity index (χ2n) is 6.46. The van der Waals surface area contributed by atoms with E-state index in [2.05, 4.69) is 27.3 Å². The SMILES string of the molecule is O=C(Nc1ccc(CCN2CCCC2)cc1)c1cnc(-c2cccs2)s1. The second-order valence-corrected chi connectivity index (χ2v) is 8.44. The quantitative estimate of drug-likeness (QED) is 0.667. The number of hydrogen-bond donors (Lipinski definition) is 1. The van der Waals surface area contributed by atoms with Gasteiger partial charge in [-0.25, -0.2) is 4.98 Å². The van der Waals surface area contributed by atoms with E-state index in [9.17, 15) is 4.79 Å². The molecule has 1 fully saturated rings. The van der Waals surface area contributed by atoms with Crippen LogP contribution in [0.5, 0.6) is 0 Å². The molecule has 0 bridgehead atoms. The molecule has 1 aliphatic rings. The molecule has 3 heterocycles. The molecule has 0 spiro atoms. The lowest BCUT2D eigenvalue weighted by Gasteiger charge is -2.14. The minimum absolute atomic E-state index is 0.102. The Labute approximate surface area is 161 Å². The third-order valence-corrected chi connectivity index (χ3v) is 6.62. The fraction of sp³-hybridized carbons (Fsp3) is 0.300. The van der Waals surface area contributed by atoms with E-state index < -0.39 is 0 Å². The van der Waals surface area contributed by atoms with E-state index in [1.165, 1.54) is 42.8 Å². The summed E-state index contributed by atoms with van der Waals surface area (Å²) in [5, 5.41) is 5.87. The molecule has 1 N–H and O–H groups in total. The van der Waals surface area contributed by atoms with Crippen molar-refractivity contribution in [3.63, 3.8) is 0 Å². The molecule has 0 atom stereocenters. The number of thiophene rings is 1. The first kappa shape index (κ1) is 17.4. The molecule has 0 radical (unpaired) electrons. The number of anilines is 1. The highest BCUT2D eigenvalue weighted by Gasteiger charge is 2.13. The van der Waals surface area contributed by atoms with Gasteiger partial charge in [0, 0.05) is 12.2 Å². The fourth-order valence-electron chi connectivity index (χ4n) is 3.13. The lowest BCUT2D eigenvalue weighted by molar-refractivity contribution is 0.103. The van der Waals surface area contributed by atoms with E-state index in [4.69, 9.17) is 0 Å². The number of aromatic nitrogens is 1. The molecule has 4 rings (SSSR count). The van der Waals surface area contributed by atoms with E-state index in [-0.39, 0.29) is 5.91 Å². The third-order valence-electron chi connectivity index (χ3n) is 4.59. The summed E-state index contributed by atoms with van der Waals surface area (Å²) in [5.74, 6) is -0.102. The Morgan fingerprint density at radius 1 is 1.15 bits per heavy atom. The van der Waals surface area contributed by atoms with Crippen LogP contribution >= 0.6 is 22.7 Å². The van der Waals surface area contributed by atoms with E-state index in [1.807, 2.05) is 29.6 Å². The smallest absolute Gasteiger partial charge is 0.267 e. The molecule has 1 aliphatic heterocycles. The van der Waals surface area contributed by atoms with Crippen LogP contribution in [-0.4, -0.2) is 35.4 Å². The van der Waals surface area contributed by atoms with Gasteiger partial charge >= 0.3 is 0 Å². The average Bonchev–Trinajstić information content (AvgIpc) is 3.43. The van der Waals surface area contributed by atoms with Crippen LogP contribution in [0.2, 0.25) is 0 Å². The number of nitrogens with zero attached hydrogens (tertiary/aromatic N) is 2. The maximum atomic E-state index is 12.4. The van der Waals surface area contributed by atoms with E-state index >= 15 is 0 Å². The van der Waals surface area contributed by atoms with Crippen LogP contribution in [-0.2, 0) is 6.42 Å². The predicted octanol–water partition coefficient (Wildman–Crippen LogP) is 4.76. The minimum atomic E-state index is -0.102. The summed E-state index contributed by atoms with van der Waals surface area (Å²) >= 11 is 3.06. The molecule has 1 saturated heterocycles. The molecule has 1 aromatic carbocycles. The Hall–Kier alpha value is -2.02. The predicted molar refractivity (Wildman–Crippen MR) is 109 cm³/mol. The van der Waals surface area contributed by atoms with Gasteiger partial charge in [-0.15, -0.1) is 22.7 Å². The molecular formula is C20H21N3OS2. The first-order valence-corrected chi connectivity index (χ1v) is 10.6. The summed E-state index contributed by atoms with van der Waals surface area (Å²) in [6.07, 6.45) is 5.38. The molecule has 0 unspecified atom stereocenters. The number of carbonyl (C=O) groups is 1. The second kappa shape index (κ2) is 8.12. The summed E-state index contributed by atoms with van der Waals surface area (Å²) in [6.45, 7) is 3.59. The van der Waals surface area contributed by atoms with Crippen molar-refractivity contribution in [1.29, 1.82) is 0 Å². The first-order valence-electron chi connectivity index (χ1n) is 8.90. The van der Waals surface area contributed by atoms with Crippen LogP contribution in [0.1, 0.15) is 28.1 Å². The zero-order valence-corrected chi connectivity index (χ0v) is 16.1. The Bertz CT molecular complexity index is 850. The van der Waals surface area contributed by atoms with Gasteiger partial charge in [-0.2, -0.15) is 0 Å². The summed E-state index contributed by atoms with van der Waals surface area (Å²) in [7, 11) is 0. The number of carbonyl (C=O) groups excluding carboxylic acids is 1. The topological polar surface area (TPSA) is 45.2 Å². The number of thiazole rings is 1. The van der Waals surface area contributed by atoms with Gasteiger partial charge in [0.05, 0.1) is 11.1 Å². The Morgan fingerprint density at radius 3 is 2.69 bits per heavy atom. The summed E-state index contributed by atoms with van der Waals surface area (Å²) < 4.78 is 0. The highest BCUT2D eigenvalue weighted by molar-refractivity contribution is 7.22. The van der Waals surface area contributed by atoms with Crippen molar-refractivity contribution < 1.29 is 4.79 Å². The van der Waals surface area contributed by atoms with Gasteiger partial charge in [0.15, 0.2) is 0 Å². The summed E-state index contributed by atoms with van der Waals surface area (Å²) in [5.41, 5.74) is 2.14. The molecule has 1 amide bonds. The molecule has 6 heteroatoms. The molecule has 3 aromatic rings. The van der Waals surface area contributed by atoms with Crippen molar-refractivity contribution in [3.05, 3.63) is 58.4 Å². The van der Waals surface area contributed by atoms with Crippen LogP contribution < -0.4 is 5.32 Å². The highest BCUT2D eigenvalue weighted by Crippen LogP contribution is 2.29. The van der Waals surface area contributed by atoms with Gasteiger partial charge < -0.3 is 10.2 Å². The minimum Gasteiger partial charge on any atom is -0.321 e. The van der Waals surface area contributed by atoms with Crippen molar-refractivity contribution in [1.82, 2.24) is 9.88 Å². The average molecular weight is 384 g/mol. The van der Waals surface area contributed by atoms with Crippen molar-refractivity contribution in [2.45, 2.75) is 19.3 Å². The number of amides is 1. The largest absolute Gasteiger partial charge is 0.321 e. The third kappa shape index (κ3) is 4.20. The lowest BCUT2D eigenvalue weighted by Crippen LogP contribution is -2.21. The molecule has 0 saturated carbocycles. The molecule has 0 aliphatic carbocycles. The Balaban J connectivity index is 1.34. The van der Waals surface area contributed by atoms with Gasteiger partial charge in [-0.3, -0.25) is 4.79 Å². The van der Waals surface area contributed by atoms with E-state index in [0.717, 1.165) is 28.5 Å². The van der Waals surface area contributed by atoms with Crippen LogP contribution in [0.15, 0.2) is 48.0 Å². The van der Waals surface area contributed by atoms with Crippen LogP contribution in [0.3, 0.4) is 0 Å². The van der Waals surface area contributed by atoms with Crippen molar-refractivity contribution in [3.8, 4) is 9.88 Å². The van der Waals surface area contributed by atoms with Crippen LogP contribution in [0.25, 0.3) is 9.88 Å². The zero-order chi connectivity index (χ0) is 17.8. The number of rotatable bonds is 6. The summed E-state index contributed by atoms with van der Waals surface area (Å²) in [4.78, 5) is 21.0. The zero-order valence-electron chi connectivity index (χ0n) is 14.5. The number of likely N-dealkylation sites (tertiary alicyclic amines) is 1. The highest BCUT2D eigenvalue weighted by atomic mass is 32.1. The molecular weight excluding hydrogens is 362 g/mol. The van der Waals surface area contributed by atoms with E-state index in [0.29, 0.717) is 4.88 Å². The van der Waals surface area contributed by atoms with Crippen LogP contribution in [0, 0.1) is 0 Å². The van der Waals surface area contributed by atoms with Crippen molar-refractivity contribution in [2.24, 2.45) is 0 Å². The first-order chi connectivity index (χ1) is 12.8. The van der Waals surface area contributed by atoms with Gasteiger partial charge in [-0.1, -0.05) is 18.2 Å². The van der Waals surface area contributed by atoms with E-state index in [1.54, 1.807) is 17.5 Å².